The number of nitriles is 1. The molecule has 5 rings (SSSR count). The molecule has 1 N–H and O–H groups in total. The number of phenolic OH excluding ortho intramolecular Hbond substituents is 1. The summed E-state index contributed by atoms with van der Waals surface area (Å²) in [4.78, 5) is 9.69. The molecule has 2 aromatic heterocycles. The van der Waals surface area contributed by atoms with Gasteiger partial charge in [0.2, 0.25) is 0 Å². The molecule has 0 aliphatic rings. The number of phenols is 1. The third-order valence-corrected chi connectivity index (χ3v) is 8.18. The van der Waals surface area contributed by atoms with E-state index < -0.39 is 0 Å². The average molecular weight is 788 g/mol. The van der Waals surface area contributed by atoms with Crippen LogP contribution in [-0.2, 0) is 37.3 Å². The van der Waals surface area contributed by atoms with Crippen molar-refractivity contribution in [2.24, 2.45) is 0 Å². The fourth-order valence-electron chi connectivity index (χ4n) is 5.28. The van der Waals surface area contributed by atoms with Crippen LogP contribution in [0.15, 0.2) is 85.1 Å². The molecule has 5 heteroatoms. The molecule has 0 aliphatic heterocycles. The van der Waals surface area contributed by atoms with Crippen molar-refractivity contribution in [1.82, 2.24) is 9.97 Å². The van der Waals surface area contributed by atoms with Crippen molar-refractivity contribution in [1.29, 1.82) is 5.26 Å². The summed E-state index contributed by atoms with van der Waals surface area (Å²) in [7, 11) is 0. The molecule has 2 heterocycles. The first kappa shape index (κ1) is 34.8. The van der Waals surface area contributed by atoms with Crippen molar-refractivity contribution >= 4 is 0 Å². The molecule has 0 saturated heterocycles. The van der Waals surface area contributed by atoms with Gasteiger partial charge >= 0.3 is 0 Å². The van der Waals surface area contributed by atoms with E-state index in [9.17, 15) is 10.4 Å². The van der Waals surface area contributed by atoms with Gasteiger partial charge in [-0.1, -0.05) is 116 Å². The number of aromatic hydroxyl groups is 1. The predicted octanol–water partition coefficient (Wildman–Crippen LogP) is 10.4. The van der Waals surface area contributed by atoms with Crippen molar-refractivity contribution < 1.29 is 26.2 Å². The Morgan fingerprint density at radius 1 is 0.630 bits per heavy atom. The number of rotatable bonds is 4. The zero-order chi connectivity index (χ0) is 32.7. The predicted molar refractivity (Wildman–Crippen MR) is 185 cm³/mol. The number of para-hydroxylation sites is 1. The van der Waals surface area contributed by atoms with Gasteiger partial charge in [-0.3, -0.25) is 9.97 Å². The SMILES string of the molecule is CC(C)(C)c1cc(-c2cc(-c3[c-]c(-c4cc(C(C)(C)C)ccn4)cc(C#N)c3)nc(-c3ccccc3O)c2)cc(C(C)(C)C)c1.[Pt]. The van der Waals surface area contributed by atoms with Gasteiger partial charge in [-0.25, -0.2) is 0 Å². The number of hydrogen-bond donors (Lipinski definition) is 1. The van der Waals surface area contributed by atoms with Crippen molar-refractivity contribution in [3.8, 4) is 56.7 Å². The minimum atomic E-state index is -0.0522. The summed E-state index contributed by atoms with van der Waals surface area (Å²) < 4.78 is 0. The zero-order valence-corrected chi connectivity index (χ0v) is 30.5. The van der Waals surface area contributed by atoms with Crippen molar-refractivity contribution in [2.75, 3.05) is 0 Å². The van der Waals surface area contributed by atoms with Crippen LogP contribution in [0.1, 0.15) is 84.6 Å². The topological polar surface area (TPSA) is 69.8 Å². The summed E-state index contributed by atoms with van der Waals surface area (Å²) in [6.07, 6.45) is 1.81. The van der Waals surface area contributed by atoms with Crippen LogP contribution in [0.3, 0.4) is 0 Å². The molecule has 0 aliphatic carbocycles. The second-order valence-corrected chi connectivity index (χ2v) is 14.9. The molecular formula is C41H42N3OPt-. The van der Waals surface area contributed by atoms with Gasteiger partial charge in [-0.05, 0) is 73.9 Å². The third-order valence-electron chi connectivity index (χ3n) is 8.18. The second-order valence-electron chi connectivity index (χ2n) is 14.9. The third kappa shape index (κ3) is 7.66. The summed E-state index contributed by atoms with van der Waals surface area (Å²) in [6, 6.07) is 31.8. The van der Waals surface area contributed by atoms with Crippen molar-refractivity contribution in [3.05, 3.63) is 113 Å². The average Bonchev–Trinajstić information content (AvgIpc) is 2.99. The Morgan fingerprint density at radius 3 is 1.74 bits per heavy atom. The van der Waals surface area contributed by atoms with Gasteiger partial charge in [0.25, 0.3) is 0 Å². The van der Waals surface area contributed by atoms with E-state index in [0.29, 0.717) is 28.1 Å². The van der Waals surface area contributed by atoms with Crippen LogP contribution < -0.4 is 0 Å². The Morgan fingerprint density at radius 2 is 1.17 bits per heavy atom. The molecule has 0 bridgehead atoms. The monoisotopic (exact) mass is 787 g/mol. The van der Waals surface area contributed by atoms with Crippen LogP contribution in [-0.4, -0.2) is 15.1 Å². The summed E-state index contributed by atoms with van der Waals surface area (Å²) >= 11 is 0. The van der Waals surface area contributed by atoms with Crippen LogP contribution in [0, 0.1) is 17.4 Å². The number of nitrogens with zero attached hydrogens (tertiary/aromatic N) is 3. The number of hydrogen-bond acceptors (Lipinski definition) is 4. The molecule has 5 aromatic rings. The molecule has 0 fully saturated rings. The van der Waals surface area contributed by atoms with Gasteiger partial charge in [0, 0.05) is 44.2 Å². The van der Waals surface area contributed by atoms with Gasteiger partial charge < -0.3 is 5.11 Å². The summed E-state index contributed by atoms with van der Waals surface area (Å²) in [5.41, 5.74) is 10.2. The van der Waals surface area contributed by atoms with E-state index in [0.717, 1.165) is 27.9 Å². The molecule has 4 nitrogen and oxygen atoms in total. The molecule has 3 aromatic carbocycles. The van der Waals surface area contributed by atoms with E-state index in [1.54, 1.807) is 12.1 Å². The second kappa shape index (κ2) is 13.0. The van der Waals surface area contributed by atoms with Gasteiger partial charge in [0.15, 0.2) is 0 Å². The number of aromatic nitrogens is 2. The van der Waals surface area contributed by atoms with Crippen LogP contribution in [0.2, 0.25) is 0 Å². The van der Waals surface area contributed by atoms with E-state index in [1.807, 2.05) is 42.6 Å². The fraction of sp³-hybridized carbons (Fsp3) is 0.293. The summed E-state index contributed by atoms with van der Waals surface area (Å²) in [5.74, 6) is 0.158. The smallest absolute Gasteiger partial charge is 0.124 e. The van der Waals surface area contributed by atoms with Crippen LogP contribution >= 0.6 is 0 Å². The molecule has 0 saturated carbocycles. The summed E-state index contributed by atoms with van der Waals surface area (Å²) in [5, 5.41) is 20.9. The molecule has 0 radical (unpaired) electrons. The first-order chi connectivity index (χ1) is 21.0. The largest absolute Gasteiger partial charge is 0.507 e. The van der Waals surface area contributed by atoms with E-state index in [-0.39, 0.29) is 43.1 Å². The Hall–Kier alpha value is -4.06. The fourth-order valence-corrected chi connectivity index (χ4v) is 5.28. The quantitative estimate of drug-likeness (QED) is 0.184. The Balaban J connectivity index is 0.00000480. The number of pyridine rings is 2. The maximum Gasteiger partial charge on any atom is 0.124 e. The van der Waals surface area contributed by atoms with E-state index >= 15 is 0 Å². The van der Waals surface area contributed by atoms with Crippen molar-refractivity contribution in [3.63, 3.8) is 0 Å². The molecule has 0 unspecified atom stereocenters. The number of benzene rings is 3. The molecule has 0 atom stereocenters. The van der Waals surface area contributed by atoms with E-state index in [2.05, 4.69) is 110 Å². The van der Waals surface area contributed by atoms with Crippen LogP contribution in [0.25, 0.3) is 44.9 Å². The molecule has 0 spiro atoms. The molecular weight excluding hydrogens is 746 g/mol. The maximum atomic E-state index is 10.9. The van der Waals surface area contributed by atoms with Gasteiger partial charge in [-0.2, -0.15) is 5.26 Å². The minimum Gasteiger partial charge on any atom is -0.507 e. The van der Waals surface area contributed by atoms with Gasteiger partial charge in [0.1, 0.15) is 5.75 Å². The van der Waals surface area contributed by atoms with Crippen molar-refractivity contribution in [2.45, 2.75) is 78.6 Å². The first-order valence-corrected chi connectivity index (χ1v) is 15.4. The standard InChI is InChI=1S/C41H42N3O.Pt/c1-39(2,3)31-14-15-43-35(24-31)29-16-26(25-42)17-30(18-29)36-21-28(22-37(44-36)34-12-10-11-13-38(34)45)27-19-32(40(4,5)6)23-33(20-27)41(7,8)9;/h10-17,19-24,45H,1-9H3;/q-1;. The summed E-state index contributed by atoms with van der Waals surface area (Å²) in [6.45, 7) is 19.9. The molecule has 0 amide bonds. The Labute approximate surface area is 288 Å². The Kier molecular flexibility index (Phi) is 9.82. The Bertz CT molecular complexity index is 1900. The van der Waals surface area contributed by atoms with Gasteiger partial charge in [0.05, 0.1) is 11.8 Å². The van der Waals surface area contributed by atoms with Crippen LogP contribution in [0.5, 0.6) is 5.75 Å². The maximum absolute atomic E-state index is 10.9. The van der Waals surface area contributed by atoms with Crippen LogP contribution in [0.4, 0.5) is 0 Å². The first-order valence-electron chi connectivity index (χ1n) is 15.4. The van der Waals surface area contributed by atoms with Gasteiger partial charge in [-0.15, -0.1) is 18.2 Å². The van der Waals surface area contributed by atoms with E-state index in [4.69, 9.17) is 4.98 Å². The minimum absolute atomic E-state index is 0. The van der Waals surface area contributed by atoms with E-state index in [1.165, 1.54) is 11.1 Å². The molecule has 238 valence electrons. The molecule has 46 heavy (non-hydrogen) atoms. The zero-order valence-electron chi connectivity index (χ0n) is 28.2. The normalized spacial score (nSPS) is 11.9.